The third kappa shape index (κ3) is 6.85. The van der Waals surface area contributed by atoms with Crippen molar-refractivity contribution >= 4 is 17.7 Å². The maximum absolute atomic E-state index is 11.9. The molecule has 0 saturated heterocycles. The number of thioether (sulfide) groups is 1. The average Bonchev–Trinajstić information content (AvgIpc) is 3.18. The molecule has 1 heterocycles. The molecule has 0 aliphatic carbocycles. The number of rotatable bonds is 11. The van der Waals surface area contributed by atoms with Gasteiger partial charge < -0.3 is 10.1 Å². The van der Waals surface area contributed by atoms with Gasteiger partial charge in [0.05, 0.1) is 7.11 Å². The second-order valence-corrected chi connectivity index (χ2v) is 8.81. The molecular weight excluding hydrogens is 408 g/mol. The van der Waals surface area contributed by atoms with Crippen molar-refractivity contribution in [3.05, 3.63) is 66.0 Å². The van der Waals surface area contributed by atoms with E-state index in [1.54, 1.807) is 18.9 Å². The third-order valence-electron chi connectivity index (χ3n) is 4.72. The summed E-state index contributed by atoms with van der Waals surface area (Å²) in [6.45, 7) is 4.91. The number of aromatic nitrogens is 3. The van der Waals surface area contributed by atoms with Crippen molar-refractivity contribution < 1.29 is 9.53 Å². The third-order valence-corrected chi connectivity index (χ3v) is 5.74. The number of methoxy groups -OCH3 is 1. The van der Waals surface area contributed by atoms with Gasteiger partial charge in [-0.2, -0.15) is 0 Å². The first-order valence-corrected chi connectivity index (χ1v) is 11.6. The SMILES string of the molecule is COc1ccc(-n2c(Cc3ccccc3)nnc2SCCCC(=O)NCC(C)C)cc1. The van der Waals surface area contributed by atoms with Crippen LogP contribution in [0.15, 0.2) is 59.8 Å². The predicted molar refractivity (Wildman–Crippen MR) is 125 cm³/mol. The van der Waals surface area contributed by atoms with Gasteiger partial charge in [-0.25, -0.2) is 0 Å². The molecule has 0 spiro atoms. The zero-order chi connectivity index (χ0) is 22.1. The Labute approximate surface area is 188 Å². The van der Waals surface area contributed by atoms with Crippen LogP contribution < -0.4 is 10.1 Å². The normalized spacial score (nSPS) is 11.0. The van der Waals surface area contributed by atoms with E-state index in [9.17, 15) is 4.79 Å². The Morgan fingerprint density at radius 2 is 1.84 bits per heavy atom. The zero-order valence-electron chi connectivity index (χ0n) is 18.4. The Morgan fingerprint density at radius 1 is 1.10 bits per heavy atom. The zero-order valence-corrected chi connectivity index (χ0v) is 19.2. The van der Waals surface area contributed by atoms with Gasteiger partial charge in [0.25, 0.3) is 0 Å². The van der Waals surface area contributed by atoms with Gasteiger partial charge in [-0.05, 0) is 42.2 Å². The minimum absolute atomic E-state index is 0.107. The monoisotopic (exact) mass is 438 g/mol. The summed E-state index contributed by atoms with van der Waals surface area (Å²) in [6, 6.07) is 18.2. The highest BCUT2D eigenvalue weighted by molar-refractivity contribution is 7.99. The van der Waals surface area contributed by atoms with Crippen LogP contribution in [0.1, 0.15) is 38.1 Å². The summed E-state index contributed by atoms with van der Waals surface area (Å²) in [5, 5.41) is 12.7. The molecule has 2 aromatic carbocycles. The summed E-state index contributed by atoms with van der Waals surface area (Å²) in [6.07, 6.45) is 2.00. The van der Waals surface area contributed by atoms with E-state index in [0.29, 0.717) is 18.8 Å². The Bertz CT molecular complexity index is 955. The van der Waals surface area contributed by atoms with Crippen molar-refractivity contribution in [3.63, 3.8) is 0 Å². The van der Waals surface area contributed by atoms with Crippen LogP contribution in [0.3, 0.4) is 0 Å². The summed E-state index contributed by atoms with van der Waals surface area (Å²) >= 11 is 1.63. The Balaban J connectivity index is 1.71. The van der Waals surface area contributed by atoms with Gasteiger partial charge in [-0.15, -0.1) is 10.2 Å². The van der Waals surface area contributed by atoms with E-state index >= 15 is 0 Å². The van der Waals surface area contributed by atoms with Gasteiger partial charge in [0.15, 0.2) is 5.16 Å². The largest absolute Gasteiger partial charge is 0.497 e. The van der Waals surface area contributed by atoms with E-state index in [2.05, 4.69) is 46.1 Å². The first-order chi connectivity index (χ1) is 15.1. The first-order valence-electron chi connectivity index (χ1n) is 10.6. The van der Waals surface area contributed by atoms with Gasteiger partial charge >= 0.3 is 0 Å². The number of nitrogens with zero attached hydrogens (tertiary/aromatic N) is 3. The molecule has 0 unspecified atom stereocenters. The highest BCUT2D eigenvalue weighted by atomic mass is 32.2. The van der Waals surface area contributed by atoms with Crippen LogP contribution in [-0.2, 0) is 11.2 Å². The lowest BCUT2D eigenvalue weighted by atomic mass is 10.1. The molecule has 1 amide bonds. The fourth-order valence-electron chi connectivity index (χ4n) is 3.08. The van der Waals surface area contributed by atoms with E-state index in [1.807, 2.05) is 42.5 Å². The summed E-state index contributed by atoms with van der Waals surface area (Å²) in [7, 11) is 1.66. The van der Waals surface area contributed by atoms with Crippen molar-refractivity contribution in [3.8, 4) is 11.4 Å². The molecule has 7 heteroatoms. The number of carbonyl (C=O) groups is 1. The molecule has 1 N–H and O–H groups in total. The summed E-state index contributed by atoms with van der Waals surface area (Å²) < 4.78 is 7.39. The van der Waals surface area contributed by atoms with Crippen molar-refractivity contribution in [2.24, 2.45) is 5.92 Å². The lowest BCUT2D eigenvalue weighted by Gasteiger charge is -2.11. The lowest BCUT2D eigenvalue weighted by molar-refractivity contribution is -0.121. The second-order valence-electron chi connectivity index (χ2n) is 7.74. The van der Waals surface area contributed by atoms with E-state index < -0.39 is 0 Å². The van der Waals surface area contributed by atoms with Gasteiger partial charge in [0.1, 0.15) is 11.6 Å². The fraction of sp³-hybridized carbons (Fsp3) is 0.375. The van der Waals surface area contributed by atoms with Crippen LogP contribution >= 0.6 is 11.8 Å². The van der Waals surface area contributed by atoms with E-state index in [1.165, 1.54) is 5.56 Å². The van der Waals surface area contributed by atoms with Crippen LogP contribution in [0.4, 0.5) is 0 Å². The Morgan fingerprint density at radius 3 is 2.52 bits per heavy atom. The fourth-order valence-corrected chi connectivity index (χ4v) is 3.99. The molecule has 0 aliphatic heterocycles. The number of amides is 1. The Kier molecular flexibility index (Phi) is 8.53. The number of hydrogen-bond acceptors (Lipinski definition) is 5. The summed E-state index contributed by atoms with van der Waals surface area (Å²) in [4.78, 5) is 11.9. The molecule has 3 rings (SSSR count). The van der Waals surface area contributed by atoms with Crippen molar-refractivity contribution in [2.45, 2.75) is 38.3 Å². The molecule has 0 fully saturated rings. The molecule has 0 bridgehead atoms. The molecule has 0 radical (unpaired) electrons. The maximum Gasteiger partial charge on any atom is 0.220 e. The predicted octanol–water partition coefficient (Wildman–Crippen LogP) is 4.51. The van der Waals surface area contributed by atoms with Crippen molar-refractivity contribution in [2.75, 3.05) is 19.4 Å². The molecule has 0 atom stereocenters. The van der Waals surface area contributed by atoms with Crippen molar-refractivity contribution in [1.29, 1.82) is 0 Å². The maximum atomic E-state index is 11.9. The molecule has 0 saturated carbocycles. The van der Waals surface area contributed by atoms with Gasteiger partial charge in [-0.3, -0.25) is 9.36 Å². The van der Waals surface area contributed by atoms with Crippen LogP contribution in [-0.4, -0.2) is 40.1 Å². The molecule has 164 valence electrons. The summed E-state index contributed by atoms with van der Waals surface area (Å²) in [5.74, 6) is 3.06. The average molecular weight is 439 g/mol. The van der Waals surface area contributed by atoms with Crippen LogP contribution in [0, 0.1) is 5.92 Å². The molecule has 1 aromatic heterocycles. The Hall–Kier alpha value is -2.80. The van der Waals surface area contributed by atoms with Crippen molar-refractivity contribution in [1.82, 2.24) is 20.1 Å². The number of benzene rings is 2. The highest BCUT2D eigenvalue weighted by Gasteiger charge is 2.15. The topological polar surface area (TPSA) is 69.0 Å². The number of hydrogen-bond donors (Lipinski definition) is 1. The van der Waals surface area contributed by atoms with E-state index in [0.717, 1.165) is 41.1 Å². The lowest BCUT2D eigenvalue weighted by Crippen LogP contribution is -2.27. The number of ether oxygens (including phenoxy) is 1. The standard InChI is InChI=1S/C24H30N4O2S/c1-18(2)17-25-23(29)10-7-15-31-24-27-26-22(16-19-8-5-4-6-9-19)28(24)20-11-13-21(30-3)14-12-20/h4-6,8-9,11-14,18H,7,10,15-17H2,1-3H3,(H,25,29). The number of nitrogens with one attached hydrogen (secondary N) is 1. The van der Waals surface area contributed by atoms with E-state index in [4.69, 9.17) is 4.74 Å². The van der Waals surface area contributed by atoms with Gasteiger partial charge in [-0.1, -0.05) is 55.9 Å². The smallest absolute Gasteiger partial charge is 0.220 e. The molecule has 6 nitrogen and oxygen atoms in total. The highest BCUT2D eigenvalue weighted by Crippen LogP contribution is 2.25. The van der Waals surface area contributed by atoms with Crippen LogP contribution in [0.25, 0.3) is 5.69 Å². The first kappa shape index (κ1) is 22.9. The molecule has 31 heavy (non-hydrogen) atoms. The van der Waals surface area contributed by atoms with Crippen LogP contribution in [0.5, 0.6) is 5.75 Å². The second kappa shape index (κ2) is 11.6. The van der Waals surface area contributed by atoms with E-state index in [-0.39, 0.29) is 5.91 Å². The molecule has 0 aliphatic rings. The van der Waals surface area contributed by atoms with Gasteiger partial charge in [0.2, 0.25) is 5.91 Å². The van der Waals surface area contributed by atoms with Gasteiger partial charge in [0, 0.05) is 30.8 Å². The molecule has 3 aromatic rings. The quantitative estimate of drug-likeness (QED) is 0.352. The minimum atomic E-state index is 0.107. The minimum Gasteiger partial charge on any atom is -0.497 e. The molecular formula is C24H30N4O2S. The summed E-state index contributed by atoms with van der Waals surface area (Å²) in [5.41, 5.74) is 2.18. The number of carbonyl (C=O) groups excluding carboxylic acids is 1. The van der Waals surface area contributed by atoms with Crippen LogP contribution in [0.2, 0.25) is 0 Å².